The van der Waals surface area contributed by atoms with Crippen molar-refractivity contribution >= 4 is 45.4 Å². The van der Waals surface area contributed by atoms with Crippen LogP contribution in [0, 0.1) is 0 Å². The predicted molar refractivity (Wildman–Crippen MR) is 159 cm³/mol. The first-order chi connectivity index (χ1) is 19.0. The van der Waals surface area contributed by atoms with Crippen molar-refractivity contribution < 1.29 is 9.53 Å². The first-order valence-electron chi connectivity index (χ1n) is 12.7. The molecule has 2 aromatic heterocycles. The van der Waals surface area contributed by atoms with Gasteiger partial charge in [-0.25, -0.2) is 0 Å². The van der Waals surface area contributed by atoms with E-state index in [-0.39, 0.29) is 18.0 Å². The fraction of sp³-hybridized carbons (Fsp3) is 0.129. The molecule has 0 spiro atoms. The molecule has 0 bridgehead atoms. The zero-order valence-electron chi connectivity index (χ0n) is 21.5. The van der Waals surface area contributed by atoms with Crippen molar-refractivity contribution in [2.75, 3.05) is 17.3 Å². The molecule has 5 aromatic rings. The quantitative estimate of drug-likeness (QED) is 0.255. The Bertz CT molecular complexity index is 1680. The van der Waals surface area contributed by atoms with Gasteiger partial charge in [-0.1, -0.05) is 36.4 Å². The fourth-order valence-electron chi connectivity index (χ4n) is 5.26. The minimum atomic E-state index is -0.229. The Morgan fingerprint density at radius 1 is 0.949 bits per heavy atom. The minimum absolute atomic E-state index is 0.180. The number of fused-ring (bicyclic) bond motifs is 1. The number of methoxy groups -OCH3 is 1. The third-order valence-electron chi connectivity index (χ3n) is 6.96. The number of anilines is 2. The first-order valence-corrected chi connectivity index (χ1v) is 13.1. The maximum Gasteiger partial charge on any atom is 0.221 e. The van der Waals surface area contributed by atoms with Gasteiger partial charge in [-0.15, -0.1) is 0 Å². The second-order valence-electron chi connectivity index (χ2n) is 9.40. The summed E-state index contributed by atoms with van der Waals surface area (Å²) >= 11 is 5.93. The normalized spacial score (nSPS) is 16.8. The Morgan fingerprint density at radius 3 is 2.51 bits per heavy atom. The smallest absolute Gasteiger partial charge is 0.221 e. The summed E-state index contributed by atoms with van der Waals surface area (Å²) in [6, 6.07) is 30.1. The van der Waals surface area contributed by atoms with Gasteiger partial charge < -0.3 is 24.8 Å². The van der Waals surface area contributed by atoms with Crippen molar-refractivity contribution in [1.29, 1.82) is 0 Å². The molecule has 39 heavy (non-hydrogen) atoms. The van der Waals surface area contributed by atoms with E-state index in [1.54, 1.807) is 13.3 Å². The van der Waals surface area contributed by atoms with Crippen LogP contribution in [-0.2, 0) is 4.79 Å². The summed E-state index contributed by atoms with van der Waals surface area (Å²) in [5, 5.41) is 9.32. The highest BCUT2D eigenvalue weighted by Crippen LogP contribution is 2.44. The summed E-state index contributed by atoms with van der Waals surface area (Å²) in [6.07, 6.45) is 3.87. The van der Waals surface area contributed by atoms with Crippen LogP contribution in [0.2, 0.25) is 0 Å². The lowest BCUT2D eigenvalue weighted by Gasteiger charge is -2.29. The van der Waals surface area contributed by atoms with Gasteiger partial charge in [-0.05, 0) is 77.6 Å². The zero-order valence-corrected chi connectivity index (χ0v) is 22.4. The molecule has 1 aliphatic heterocycles. The Morgan fingerprint density at radius 2 is 1.74 bits per heavy atom. The highest BCUT2D eigenvalue weighted by Gasteiger charge is 2.42. The molecular weight excluding hydrogens is 506 g/mol. The van der Waals surface area contributed by atoms with Crippen LogP contribution in [0.1, 0.15) is 30.4 Å². The van der Waals surface area contributed by atoms with E-state index >= 15 is 0 Å². The first kappa shape index (κ1) is 24.6. The second-order valence-corrected chi connectivity index (χ2v) is 9.78. The third-order valence-corrected chi connectivity index (χ3v) is 7.28. The van der Waals surface area contributed by atoms with Crippen LogP contribution in [0.15, 0.2) is 103 Å². The molecular formula is C31H27N5O2S. The lowest BCUT2D eigenvalue weighted by atomic mass is 10.0. The number of nitrogens with zero attached hydrogens (tertiary/aromatic N) is 3. The lowest BCUT2D eigenvalue weighted by molar-refractivity contribution is -0.114. The number of aromatic nitrogens is 2. The van der Waals surface area contributed by atoms with Crippen molar-refractivity contribution in [3.63, 3.8) is 0 Å². The molecule has 2 N–H and O–H groups in total. The molecule has 3 aromatic carbocycles. The number of nitrogens with one attached hydrogen (secondary N) is 2. The molecule has 0 radical (unpaired) electrons. The molecule has 3 heterocycles. The maximum atomic E-state index is 11.9. The van der Waals surface area contributed by atoms with E-state index < -0.39 is 0 Å². The van der Waals surface area contributed by atoms with Crippen LogP contribution in [0.5, 0.6) is 5.75 Å². The molecule has 7 nitrogen and oxygen atoms in total. The fourth-order valence-corrected chi connectivity index (χ4v) is 5.61. The number of amides is 1. The van der Waals surface area contributed by atoms with Crippen LogP contribution in [0.25, 0.3) is 16.5 Å². The van der Waals surface area contributed by atoms with Crippen molar-refractivity contribution in [3.8, 4) is 11.4 Å². The van der Waals surface area contributed by atoms with Crippen molar-refractivity contribution in [2.45, 2.75) is 19.0 Å². The van der Waals surface area contributed by atoms with Crippen molar-refractivity contribution in [2.24, 2.45) is 0 Å². The van der Waals surface area contributed by atoms with E-state index in [9.17, 15) is 4.79 Å². The molecule has 8 heteroatoms. The van der Waals surface area contributed by atoms with Gasteiger partial charge in [0.25, 0.3) is 0 Å². The van der Waals surface area contributed by atoms with E-state index in [4.69, 9.17) is 17.0 Å². The van der Waals surface area contributed by atoms with Crippen molar-refractivity contribution in [3.05, 3.63) is 115 Å². The molecule has 0 unspecified atom stereocenters. The molecule has 2 atom stereocenters. The number of rotatable bonds is 6. The van der Waals surface area contributed by atoms with Gasteiger partial charge in [0.15, 0.2) is 5.11 Å². The summed E-state index contributed by atoms with van der Waals surface area (Å²) in [4.78, 5) is 18.7. The van der Waals surface area contributed by atoms with Crippen LogP contribution in [0.3, 0.4) is 0 Å². The van der Waals surface area contributed by atoms with Gasteiger partial charge >= 0.3 is 0 Å². The molecule has 0 saturated carbocycles. The predicted octanol–water partition coefficient (Wildman–Crippen LogP) is 6.17. The van der Waals surface area contributed by atoms with E-state index in [1.165, 1.54) is 17.7 Å². The van der Waals surface area contributed by atoms with Gasteiger partial charge in [0.1, 0.15) is 11.8 Å². The highest BCUT2D eigenvalue weighted by atomic mass is 32.1. The molecule has 1 fully saturated rings. The summed E-state index contributed by atoms with van der Waals surface area (Å²) in [6.45, 7) is 1.48. The monoisotopic (exact) mass is 533 g/mol. The summed E-state index contributed by atoms with van der Waals surface area (Å²) in [7, 11) is 1.58. The van der Waals surface area contributed by atoms with E-state index in [2.05, 4.69) is 79.8 Å². The number of ether oxygens (including phenoxy) is 1. The van der Waals surface area contributed by atoms with Gasteiger partial charge in [-0.3, -0.25) is 9.78 Å². The number of carbonyl (C=O) groups excluding carboxylic acids is 1. The molecule has 1 saturated heterocycles. The van der Waals surface area contributed by atoms with E-state index in [0.717, 1.165) is 22.8 Å². The SMILES string of the molecule is COc1ccc(N2C(=S)N[C@H](c3ccccn3)[C@@H]2c2cccn2-c2ccc3ccccc3c2)cc1NC(C)=O. The maximum absolute atomic E-state index is 11.9. The van der Waals surface area contributed by atoms with Gasteiger partial charge in [-0.2, -0.15) is 0 Å². The van der Waals surface area contributed by atoms with Gasteiger partial charge in [0.05, 0.1) is 24.5 Å². The zero-order chi connectivity index (χ0) is 26.9. The van der Waals surface area contributed by atoms with Gasteiger partial charge in [0.2, 0.25) is 5.91 Å². The molecule has 0 aliphatic carbocycles. The Hall–Kier alpha value is -4.69. The third kappa shape index (κ3) is 4.59. The van der Waals surface area contributed by atoms with Gasteiger partial charge in [0, 0.05) is 36.4 Å². The topological polar surface area (TPSA) is 71.4 Å². The average Bonchev–Trinajstić information content (AvgIpc) is 3.57. The number of hydrogen-bond acceptors (Lipinski definition) is 4. The number of benzene rings is 3. The standard InChI is InChI=1S/C31H27N5O2S/c1-20(37)33-26-19-24(14-15-28(26)38-2)36-30(29(34-31(36)39)25-10-5-6-16-32-25)27-11-7-17-35(27)23-13-12-21-8-3-4-9-22(21)18-23/h3-19,29-30H,1-2H3,(H,33,37)(H,34,39)/t29-,30+/m1/s1. The molecule has 1 amide bonds. The molecule has 194 valence electrons. The number of thiocarbonyl (C=S) groups is 1. The molecule has 1 aliphatic rings. The molecule has 6 rings (SSSR count). The van der Waals surface area contributed by atoms with Crippen molar-refractivity contribution in [1.82, 2.24) is 14.9 Å². The van der Waals surface area contributed by atoms with Crippen LogP contribution < -0.4 is 20.3 Å². The number of pyridine rings is 1. The van der Waals surface area contributed by atoms with Crippen LogP contribution in [0.4, 0.5) is 11.4 Å². The number of carbonyl (C=O) groups is 1. The average molecular weight is 534 g/mol. The number of hydrogen-bond donors (Lipinski definition) is 2. The summed E-state index contributed by atoms with van der Waals surface area (Å²) in [5.41, 5.74) is 4.39. The van der Waals surface area contributed by atoms with Crippen LogP contribution >= 0.6 is 12.2 Å². The minimum Gasteiger partial charge on any atom is -0.495 e. The van der Waals surface area contributed by atoms with E-state index in [1.807, 2.05) is 42.5 Å². The second kappa shape index (κ2) is 10.2. The lowest BCUT2D eigenvalue weighted by Crippen LogP contribution is -2.30. The highest BCUT2D eigenvalue weighted by molar-refractivity contribution is 7.80. The largest absolute Gasteiger partial charge is 0.495 e. The Balaban J connectivity index is 1.50. The Kier molecular flexibility index (Phi) is 6.46. The summed E-state index contributed by atoms with van der Waals surface area (Å²) in [5.74, 6) is 0.394. The summed E-state index contributed by atoms with van der Waals surface area (Å²) < 4.78 is 7.70. The van der Waals surface area contributed by atoms with Crippen LogP contribution in [-0.4, -0.2) is 27.7 Å². The Labute approximate surface area is 232 Å². The van der Waals surface area contributed by atoms with E-state index in [0.29, 0.717) is 16.5 Å².